The minimum atomic E-state index is -0.918. The van der Waals surface area contributed by atoms with Crippen molar-refractivity contribution in [3.8, 4) is 11.5 Å². The lowest BCUT2D eigenvalue weighted by Gasteiger charge is -2.23. The second kappa shape index (κ2) is 8.99. The number of aromatic nitrogens is 1. The van der Waals surface area contributed by atoms with Gasteiger partial charge in [-0.3, -0.25) is 9.36 Å². The summed E-state index contributed by atoms with van der Waals surface area (Å²) in [7, 11) is 2.37. The van der Waals surface area contributed by atoms with Gasteiger partial charge in [0.25, 0.3) is 0 Å². The number of ether oxygens (including phenoxy) is 2. The fourth-order valence-corrected chi connectivity index (χ4v) is 4.90. The number of aromatic hydroxyl groups is 2. The lowest BCUT2D eigenvalue weighted by molar-refractivity contribution is -0.133. The van der Waals surface area contributed by atoms with Crippen LogP contribution in [0.15, 0.2) is 48.5 Å². The number of carbonyl (C=O) groups is 3. The maximum absolute atomic E-state index is 13.7. The number of methoxy groups -OCH3 is 2. The van der Waals surface area contributed by atoms with Crippen molar-refractivity contribution >= 4 is 46.3 Å². The zero-order chi connectivity index (χ0) is 24.6. The number of nitrogen functional groups attached to an aromatic ring is 1. The molecule has 10 heteroatoms. The van der Waals surface area contributed by atoms with Gasteiger partial charge in [0.2, 0.25) is 5.91 Å². The second-order valence-corrected chi connectivity index (χ2v) is 8.45. The summed E-state index contributed by atoms with van der Waals surface area (Å²) in [5.74, 6) is -2.00. The van der Waals surface area contributed by atoms with Gasteiger partial charge in [-0.1, -0.05) is 36.0 Å². The predicted octanol–water partition coefficient (Wildman–Crippen LogP) is 1.51. The Hall–Kier alpha value is -4.18. The quantitative estimate of drug-likeness (QED) is 0.474. The molecule has 174 valence electrons. The zero-order valence-corrected chi connectivity index (χ0v) is 19.0. The molecule has 0 radical (unpaired) electrons. The molecule has 34 heavy (non-hydrogen) atoms. The highest BCUT2D eigenvalue weighted by atomic mass is 32.2. The van der Waals surface area contributed by atoms with E-state index in [1.807, 2.05) is 0 Å². The summed E-state index contributed by atoms with van der Waals surface area (Å²) in [5.41, 5.74) is 7.21. The van der Waals surface area contributed by atoms with Crippen molar-refractivity contribution in [1.29, 1.82) is 0 Å². The monoisotopic (exact) mass is 480 g/mol. The third-order valence-electron chi connectivity index (χ3n) is 5.29. The van der Waals surface area contributed by atoms with Gasteiger partial charge in [0, 0.05) is 5.22 Å². The Kier molecular flexibility index (Phi) is 6.08. The smallest absolute Gasteiger partial charge is 0.357 e. The first-order valence-corrected chi connectivity index (χ1v) is 10.9. The lowest BCUT2D eigenvalue weighted by Crippen LogP contribution is -2.42. The predicted molar refractivity (Wildman–Crippen MR) is 126 cm³/mol. The van der Waals surface area contributed by atoms with E-state index < -0.39 is 23.1 Å². The molecule has 1 aromatic heterocycles. The molecular weight excluding hydrogens is 460 g/mol. The number of phenolic OH excluding ortho intramolecular Hbond substituents is 2. The number of esters is 2. The van der Waals surface area contributed by atoms with Crippen LogP contribution < -0.4 is 16.3 Å². The molecule has 1 aliphatic heterocycles. The van der Waals surface area contributed by atoms with Crippen LogP contribution in [0.2, 0.25) is 0 Å². The number of nitrogens with two attached hydrogens (primary N) is 1. The largest absolute Gasteiger partial charge is 0.508 e. The van der Waals surface area contributed by atoms with E-state index >= 15 is 0 Å². The number of anilines is 1. The first-order chi connectivity index (χ1) is 16.3. The van der Waals surface area contributed by atoms with Crippen LogP contribution in [0.5, 0.6) is 11.5 Å². The standard InChI is InChI=1S/C24H20N2O7S/c1-32-23(30)19-17(25)16(11-12-3-7-14(27)8-4-12)18-21(24(31)33-2)34-20(22(29)26(18)19)13-5-9-15(28)10-6-13/h3-11,20,27-28H,25H2,1-2H3/b16-11+/t20-/m1/s1. The van der Waals surface area contributed by atoms with Gasteiger partial charge in [-0.15, -0.1) is 0 Å². The fraction of sp³-hybridized carbons (Fsp3) is 0.125. The summed E-state index contributed by atoms with van der Waals surface area (Å²) in [6, 6.07) is 12.1. The van der Waals surface area contributed by atoms with Gasteiger partial charge in [0.05, 0.1) is 25.3 Å². The fourth-order valence-electron chi connectivity index (χ4n) is 3.67. The highest BCUT2D eigenvalue weighted by Gasteiger charge is 2.38. The third kappa shape index (κ3) is 3.88. The summed E-state index contributed by atoms with van der Waals surface area (Å²) in [5, 5.41) is 18.7. The van der Waals surface area contributed by atoms with Gasteiger partial charge >= 0.3 is 11.9 Å². The van der Waals surface area contributed by atoms with Gasteiger partial charge in [-0.25, -0.2) is 9.59 Å². The van der Waals surface area contributed by atoms with E-state index in [0.717, 1.165) is 23.4 Å². The summed E-state index contributed by atoms with van der Waals surface area (Å²) in [6.45, 7) is 0. The minimum Gasteiger partial charge on any atom is -0.508 e. The van der Waals surface area contributed by atoms with E-state index in [-0.39, 0.29) is 38.4 Å². The Labute approximate surface area is 197 Å². The average molecular weight is 480 g/mol. The normalized spacial score (nSPS) is 15.7. The Morgan fingerprint density at radius 3 is 2.09 bits per heavy atom. The highest BCUT2D eigenvalue weighted by molar-refractivity contribution is 8.10. The van der Waals surface area contributed by atoms with Crippen molar-refractivity contribution in [2.45, 2.75) is 5.25 Å². The molecule has 1 aliphatic rings. The molecule has 0 saturated heterocycles. The Morgan fingerprint density at radius 2 is 1.53 bits per heavy atom. The Morgan fingerprint density at radius 1 is 0.971 bits per heavy atom. The maximum atomic E-state index is 13.7. The molecule has 0 fully saturated rings. The van der Waals surface area contributed by atoms with Crippen LogP contribution >= 0.6 is 11.8 Å². The molecule has 2 aromatic carbocycles. The minimum absolute atomic E-state index is 0.0149. The topological polar surface area (TPSA) is 141 Å². The molecule has 9 nitrogen and oxygen atoms in total. The van der Waals surface area contributed by atoms with Gasteiger partial charge in [0.1, 0.15) is 21.7 Å². The van der Waals surface area contributed by atoms with E-state index in [4.69, 9.17) is 15.2 Å². The van der Waals surface area contributed by atoms with E-state index in [2.05, 4.69) is 0 Å². The van der Waals surface area contributed by atoms with Crippen LogP contribution in [-0.2, 0) is 14.3 Å². The van der Waals surface area contributed by atoms with Crippen molar-refractivity contribution in [2.75, 3.05) is 20.0 Å². The van der Waals surface area contributed by atoms with Gasteiger partial charge < -0.3 is 25.4 Å². The molecule has 2 heterocycles. The van der Waals surface area contributed by atoms with E-state index in [1.165, 1.54) is 31.4 Å². The third-order valence-corrected chi connectivity index (χ3v) is 6.60. The summed E-state index contributed by atoms with van der Waals surface area (Å²) >= 11 is 0.965. The van der Waals surface area contributed by atoms with E-state index in [1.54, 1.807) is 30.3 Å². The number of hydrogen-bond acceptors (Lipinski definition) is 9. The number of rotatable bonds is 4. The highest BCUT2D eigenvalue weighted by Crippen LogP contribution is 2.40. The lowest BCUT2D eigenvalue weighted by atomic mass is 10.1. The number of hydrogen-bond donors (Lipinski definition) is 3. The molecule has 0 aliphatic carbocycles. The van der Waals surface area contributed by atoms with Gasteiger partial charge in [0.15, 0.2) is 5.69 Å². The summed E-state index contributed by atoms with van der Waals surface area (Å²) in [4.78, 5) is 39.3. The molecule has 0 spiro atoms. The van der Waals surface area contributed by atoms with Crippen molar-refractivity contribution in [3.63, 3.8) is 0 Å². The number of fused-ring (bicyclic) bond motifs is 1. The van der Waals surface area contributed by atoms with Crippen LogP contribution in [0.25, 0.3) is 11.0 Å². The summed E-state index contributed by atoms with van der Waals surface area (Å²) < 4.78 is 11.0. The Bertz CT molecular complexity index is 1420. The number of phenols is 2. The molecular formula is C24H20N2O7S. The molecule has 4 rings (SSSR count). The molecule has 0 unspecified atom stereocenters. The van der Waals surface area contributed by atoms with Gasteiger partial charge in [-0.2, -0.15) is 0 Å². The number of carbonyl (C=O) groups excluding carboxylic acids is 3. The number of nitrogens with zero attached hydrogens (tertiary/aromatic N) is 1. The molecule has 0 amide bonds. The first-order valence-electron chi connectivity index (χ1n) is 9.98. The van der Waals surface area contributed by atoms with Crippen molar-refractivity contribution in [1.82, 2.24) is 4.57 Å². The SMILES string of the molecule is COC(=O)C1=c2/c(=C/c3ccc(O)cc3)c(N)c(C(=O)OC)n2C(=O)[C@@H](c2ccc(O)cc2)S1. The molecule has 4 N–H and O–H groups in total. The zero-order valence-electron chi connectivity index (χ0n) is 18.1. The second-order valence-electron chi connectivity index (χ2n) is 7.34. The summed E-state index contributed by atoms with van der Waals surface area (Å²) in [6.07, 6.45) is 1.60. The Balaban J connectivity index is 2.09. The molecule has 0 saturated carbocycles. The van der Waals surface area contributed by atoms with Crippen molar-refractivity contribution in [2.24, 2.45) is 0 Å². The van der Waals surface area contributed by atoms with Crippen molar-refractivity contribution < 1.29 is 34.1 Å². The van der Waals surface area contributed by atoms with Crippen molar-refractivity contribution in [3.05, 3.63) is 75.9 Å². The molecule has 1 atom stereocenters. The first kappa shape index (κ1) is 23.0. The maximum Gasteiger partial charge on any atom is 0.357 e. The number of benzene rings is 2. The van der Waals surface area contributed by atoms with E-state index in [0.29, 0.717) is 11.1 Å². The number of thioether (sulfide) groups is 1. The average Bonchev–Trinajstić information content (AvgIpc) is 3.13. The van der Waals surface area contributed by atoms with Crippen LogP contribution in [-0.4, -0.2) is 46.8 Å². The molecule has 0 bridgehead atoms. The van der Waals surface area contributed by atoms with Crippen LogP contribution in [0.3, 0.4) is 0 Å². The van der Waals surface area contributed by atoms with Crippen LogP contribution in [0.4, 0.5) is 5.69 Å². The molecule has 3 aromatic rings. The van der Waals surface area contributed by atoms with Crippen LogP contribution in [0, 0.1) is 0 Å². The van der Waals surface area contributed by atoms with Crippen LogP contribution in [0.1, 0.15) is 31.7 Å². The van der Waals surface area contributed by atoms with E-state index in [9.17, 15) is 24.6 Å². The van der Waals surface area contributed by atoms with Gasteiger partial charge in [-0.05, 0) is 41.5 Å².